The molecule has 0 bridgehead atoms. The van der Waals surface area contributed by atoms with Crippen molar-refractivity contribution in [1.29, 1.82) is 0 Å². The van der Waals surface area contributed by atoms with Gasteiger partial charge in [0.2, 0.25) is 12.0 Å². The third-order valence-corrected chi connectivity index (χ3v) is 5.34. The molecule has 2 aromatic rings. The maximum atomic E-state index is 13.5. The van der Waals surface area contributed by atoms with Gasteiger partial charge in [0.05, 0.1) is 18.9 Å². The highest BCUT2D eigenvalue weighted by Crippen LogP contribution is 2.18. The van der Waals surface area contributed by atoms with Crippen LogP contribution in [0.4, 0.5) is 4.39 Å². The van der Waals surface area contributed by atoms with Crippen LogP contribution in [-0.2, 0) is 25.6 Å². The number of oxime groups is 1. The van der Waals surface area contributed by atoms with E-state index >= 15 is 0 Å². The fourth-order valence-electron chi connectivity index (χ4n) is 3.68. The molecule has 2 heterocycles. The summed E-state index contributed by atoms with van der Waals surface area (Å²) in [5, 5.41) is 6.80. The van der Waals surface area contributed by atoms with E-state index in [4.69, 9.17) is 9.57 Å². The van der Waals surface area contributed by atoms with E-state index in [0.717, 1.165) is 5.56 Å². The van der Waals surface area contributed by atoms with Crippen LogP contribution in [0.1, 0.15) is 17.5 Å². The number of carbonyl (C=O) groups is 2. The van der Waals surface area contributed by atoms with Gasteiger partial charge >= 0.3 is 0 Å². The summed E-state index contributed by atoms with van der Waals surface area (Å²) in [4.78, 5) is 33.0. The number of amides is 2. The number of carbonyl (C=O) groups excluding carboxylic acids is 2. The first-order chi connectivity index (χ1) is 15.1. The van der Waals surface area contributed by atoms with Gasteiger partial charge in [-0.25, -0.2) is 4.39 Å². The Labute approximate surface area is 179 Å². The monoisotopic (exact) mass is 425 g/mol. The average Bonchev–Trinajstić information content (AvgIpc) is 3.30. The quantitative estimate of drug-likeness (QED) is 0.767. The van der Waals surface area contributed by atoms with Crippen LogP contribution in [0.3, 0.4) is 0 Å². The molecule has 4 rings (SSSR count). The fraction of sp³-hybridized carbons (Fsp3) is 0.348. The molecule has 2 atom stereocenters. The van der Waals surface area contributed by atoms with E-state index in [0.29, 0.717) is 44.0 Å². The molecule has 2 aromatic carbocycles. The Kier molecular flexibility index (Phi) is 6.57. The first-order valence-corrected chi connectivity index (χ1v) is 10.3. The number of rotatable bonds is 6. The van der Waals surface area contributed by atoms with Gasteiger partial charge in [0.15, 0.2) is 0 Å². The van der Waals surface area contributed by atoms with Crippen LogP contribution in [0, 0.1) is 5.82 Å². The lowest BCUT2D eigenvalue weighted by Gasteiger charge is -2.31. The summed E-state index contributed by atoms with van der Waals surface area (Å²) in [5.41, 5.74) is 2.01. The van der Waals surface area contributed by atoms with Gasteiger partial charge in [-0.05, 0) is 17.7 Å². The topological polar surface area (TPSA) is 80.2 Å². The van der Waals surface area contributed by atoms with Gasteiger partial charge in [0.1, 0.15) is 11.9 Å². The van der Waals surface area contributed by atoms with Crippen LogP contribution in [0.5, 0.6) is 0 Å². The SMILES string of the molecule is O=C(NC(Cc1ccccc1)C(=O)N1CCOCC1)C1CC(c2cccc(F)c2)=NO1. The molecule has 0 radical (unpaired) electrons. The number of ether oxygens (including phenoxy) is 1. The molecule has 0 spiro atoms. The Hall–Kier alpha value is -3.26. The van der Waals surface area contributed by atoms with Gasteiger partial charge < -0.3 is 19.8 Å². The summed E-state index contributed by atoms with van der Waals surface area (Å²) < 4.78 is 18.8. The molecular formula is C23H24FN3O4. The first kappa shape index (κ1) is 21.0. The highest BCUT2D eigenvalue weighted by atomic mass is 19.1. The highest BCUT2D eigenvalue weighted by molar-refractivity contribution is 6.04. The van der Waals surface area contributed by atoms with Crippen molar-refractivity contribution in [3.8, 4) is 0 Å². The molecule has 8 heteroatoms. The molecule has 0 aliphatic carbocycles. The van der Waals surface area contributed by atoms with Gasteiger partial charge in [-0.1, -0.05) is 47.6 Å². The largest absolute Gasteiger partial charge is 0.382 e. The molecule has 2 aliphatic rings. The van der Waals surface area contributed by atoms with Crippen molar-refractivity contribution in [1.82, 2.24) is 10.2 Å². The molecule has 1 fully saturated rings. The number of hydrogen-bond donors (Lipinski definition) is 1. The number of nitrogens with one attached hydrogen (secondary N) is 1. The zero-order valence-corrected chi connectivity index (χ0v) is 17.0. The summed E-state index contributed by atoms with van der Waals surface area (Å²) in [6.45, 7) is 1.95. The third kappa shape index (κ3) is 5.27. The number of hydrogen-bond acceptors (Lipinski definition) is 5. The number of nitrogens with zero attached hydrogens (tertiary/aromatic N) is 2. The minimum atomic E-state index is -0.867. The summed E-state index contributed by atoms with van der Waals surface area (Å²) in [7, 11) is 0. The summed E-state index contributed by atoms with van der Waals surface area (Å²) >= 11 is 0. The van der Waals surface area contributed by atoms with E-state index in [1.807, 2.05) is 30.3 Å². The lowest BCUT2D eigenvalue weighted by molar-refractivity contribution is -0.142. The minimum Gasteiger partial charge on any atom is -0.382 e. The van der Waals surface area contributed by atoms with Crippen LogP contribution in [-0.4, -0.2) is 60.9 Å². The summed E-state index contributed by atoms with van der Waals surface area (Å²) in [6, 6.07) is 14.8. The van der Waals surface area contributed by atoms with Crippen molar-refractivity contribution in [3.63, 3.8) is 0 Å². The molecule has 2 unspecified atom stereocenters. The van der Waals surface area contributed by atoms with E-state index in [-0.39, 0.29) is 18.1 Å². The maximum Gasteiger partial charge on any atom is 0.265 e. The molecule has 1 N–H and O–H groups in total. The molecule has 7 nitrogen and oxygen atoms in total. The second kappa shape index (κ2) is 9.70. The van der Waals surface area contributed by atoms with Crippen molar-refractivity contribution >= 4 is 17.5 Å². The summed E-state index contributed by atoms with van der Waals surface area (Å²) in [5.74, 6) is -0.949. The Bertz CT molecular complexity index is 960. The average molecular weight is 425 g/mol. The molecule has 162 valence electrons. The number of morpholine rings is 1. The highest BCUT2D eigenvalue weighted by Gasteiger charge is 2.33. The molecule has 0 saturated carbocycles. The second-order valence-corrected chi connectivity index (χ2v) is 7.54. The molecule has 0 aromatic heterocycles. The Balaban J connectivity index is 1.43. The predicted octanol–water partition coefficient (Wildman–Crippen LogP) is 1.90. The van der Waals surface area contributed by atoms with Crippen LogP contribution in [0.2, 0.25) is 0 Å². The first-order valence-electron chi connectivity index (χ1n) is 10.3. The van der Waals surface area contributed by atoms with Gasteiger partial charge in [-0.15, -0.1) is 0 Å². The van der Waals surface area contributed by atoms with Crippen molar-refractivity contribution < 1.29 is 23.6 Å². The van der Waals surface area contributed by atoms with Crippen molar-refractivity contribution in [2.24, 2.45) is 5.16 Å². The van der Waals surface area contributed by atoms with Gasteiger partial charge in [-0.3, -0.25) is 9.59 Å². The van der Waals surface area contributed by atoms with Crippen molar-refractivity contribution in [3.05, 3.63) is 71.5 Å². The lowest BCUT2D eigenvalue weighted by Crippen LogP contribution is -2.54. The van der Waals surface area contributed by atoms with E-state index in [2.05, 4.69) is 10.5 Å². The van der Waals surface area contributed by atoms with Gasteiger partial charge in [-0.2, -0.15) is 0 Å². The molecular weight excluding hydrogens is 401 g/mol. The molecule has 1 saturated heterocycles. The van der Waals surface area contributed by atoms with E-state index in [1.165, 1.54) is 12.1 Å². The van der Waals surface area contributed by atoms with Crippen LogP contribution >= 0.6 is 0 Å². The minimum absolute atomic E-state index is 0.148. The Morgan fingerprint density at radius 3 is 2.65 bits per heavy atom. The maximum absolute atomic E-state index is 13.5. The van der Waals surface area contributed by atoms with E-state index < -0.39 is 18.1 Å². The van der Waals surface area contributed by atoms with E-state index in [1.54, 1.807) is 17.0 Å². The van der Waals surface area contributed by atoms with Gasteiger partial charge in [0, 0.05) is 31.5 Å². The second-order valence-electron chi connectivity index (χ2n) is 7.54. The normalized spacial score (nSPS) is 19.3. The Morgan fingerprint density at radius 2 is 1.90 bits per heavy atom. The van der Waals surface area contributed by atoms with Crippen LogP contribution < -0.4 is 5.32 Å². The zero-order chi connectivity index (χ0) is 21.6. The van der Waals surface area contributed by atoms with E-state index in [9.17, 15) is 14.0 Å². The van der Waals surface area contributed by atoms with Crippen molar-refractivity contribution in [2.45, 2.75) is 25.0 Å². The fourth-order valence-corrected chi connectivity index (χ4v) is 3.68. The molecule has 2 aliphatic heterocycles. The zero-order valence-electron chi connectivity index (χ0n) is 17.0. The number of halogens is 1. The van der Waals surface area contributed by atoms with Crippen molar-refractivity contribution in [2.75, 3.05) is 26.3 Å². The molecule has 31 heavy (non-hydrogen) atoms. The van der Waals surface area contributed by atoms with Crippen LogP contribution in [0.25, 0.3) is 0 Å². The number of benzene rings is 2. The predicted molar refractivity (Wildman–Crippen MR) is 112 cm³/mol. The summed E-state index contributed by atoms with van der Waals surface area (Å²) in [6.07, 6.45) is -0.291. The van der Waals surface area contributed by atoms with Gasteiger partial charge in [0.25, 0.3) is 5.91 Å². The lowest BCUT2D eigenvalue weighted by atomic mass is 10.0. The third-order valence-electron chi connectivity index (χ3n) is 5.34. The standard InChI is InChI=1S/C23H24FN3O4/c24-18-8-4-7-17(14-18)19-15-21(31-26-19)22(28)25-20(13-16-5-2-1-3-6-16)23(29)27-9-11-30-12-10-27/h1-8,14,20-21H,9-13,15H2,(H,25,28). The smallest absolute Gasteiger partial charge is 0.265 e. The van der Waals surface area contributed by atoms with Crippen LogP contribution in [0.15, 0.2) is 59.8 Å². The molecule has 2 amide bonds. The Morgan fingerprint density at radius 1 is 1.13 bits per heavy atom.